The number of aromatic nitrogens is 4. The summed E-state index contributed by atoms with van der Waals surface area (Å²) in [7, 11) is 1.69. The number of rotatable bonds is 10. The zero-order valence-corrected chi connectivity index (χ0v) is 42.3. The summed E-state index contributed by atoms with van der Waals surface area (Å²) in [6.45, 7) is 13.7. The molecule has 3 N–H and O–H groups in total. The van der Waals surface area contributed by atoms with Crippen molar-refractivity contribution in [2.75, 3.05) is 72.4 Å². The molecule has 0 spiro atoms. The number of anilines is 5. The predicted molar refractivity (Wildman–Crippen MR) is 278 cm³/mol. The van der Waals surface area contributed by atoms with Crippen LogP contribution in [0.2, 0.25) is 0 Å². The summed E-state index contributed by atoms with van der Waals surface area (Å²) < 4.78 is 3.67. The van der Waals surface area contributed by atoms with Crippen LogP contribution >= 0.6 is 0 Å². The first-order valence-corrected chi connectivity index (χ1v) is 26.0. The van der Waals surface area contributed by atoms with Crippen LogP contribution in [-0.4, -0.2) is 145 Å². The van der Waals surface area contributed by atoms with E-state index < -0.39 is 29.7 Å². The Morgan fingerprint density at radius 1 is 0.784 bits per heavy atom. The van der Waals surface area contributed by atoms with Gasteiger partial charge >= 0.3 is 0 Å². The van der Waals surface area contributed by atoms with Crippen LogP contribution in [-0.2, 0) is 42.6 Å². The van der Waals surface area contributed by atoms with E-state index in [0.717, 1.165) is 87.8 Å². The number of aliphatic hydroxyl groups excluding tert-OH is 1. The molecule has 12 rings (SSSR count). The molecular weight excluding hydrogens is 941 g/mol. The van der Waals surface area contributed by atoms with E-state index in [4.69, 9.17) is 4.98 Å². The van der Waals surface area contributed by atoms with Crippen LogP contribution in [0.15, 0.2) is 71.9 Å². The molecule has 5 amide bonds. The molecule has 1 aromatic carbocycles. The van der Waals surface area contributed by atoms with Gasteiger partial charge in [-0.1, -0.05) is 13.8 Å². The maximum Gasteiger partial charge on any atom is 0.276 e. The summed E-state index contributed by atoms with van der Waals surface area (Å²) in [5, 5.41) is 16.3. The molecule has 4 aromatic heterocycles. The molecule has 5 aliphatic heterocycles. The molecule has 74 heavy (non-hydrogen) atoms. The molecule has 2 aliphatic carbocycles. The van der Waals surface area contributed by atoms with Gasteiger partial charge in [-0.3, -0.25) is 53.7 Å². The van der Waals surface area contributed by atoms with Gasteiger partial charge in [0.15, 0.2) is 0 Å². The lowest BCUT2D eigenvalue weighted by molar-refractivity contribution is -0.136. The van der Waals surface area contributed by atoms with Crippen molar-refractivity contribution >= 4 is 58.2 Å². The summed E-state index contributed by atoms with van der Waals surface area (Å²) in [6.07, 6.45) is 9.59. The van der Waals surface area contributed by atoms with Crippen LogP contribution in [0, 0.1) is 5.41 Å². The Bertz CT molecular complexity index is 3210. The van der Waals surface area contributed by atoms with Gasteiger partial charge in [0, 0.05) is 125 Å². The van der Waals surface area contributed by atoms with Gasteiger partial charge in [-0.2, -0.15) is 0 Å². The predicted octanol–water partition coefficient (Wildman–Crippen LogP) is 3.93. The Morgan fingerprint density at radius 3 is 2.28 bits per heavy atom. The maximum atomic E-state index is 14.0. The molecule has 4 fully saturated rings. The van der Waals surface area contributed by atoms with Crippen LogP contribution < -0.4 is 30.9 Å². The molecule has 1 saturated carbocycles. The third-order valence-electron chi connectivity index (χ3n) is 16.8. The van der Waals surface area contributed by atoms with Crippen LogP contribution in [0.25, 0.3) is 11.1 Å². The normalized spacial score (nSPS) is 24.0. The summed E-state index contributed by atoms with van der Waals surface area (Å²) >= 11 is 0. The molecule has 7 aliphatic rings. The van der Waals surface area contributed by atoms with Gasteiger partial charge in [0.25, 0.3) is 23.3 Å². The fourth-order valence-corrected chi connectivity index (χ4v) is 12.8. The summed E-state index contributed by atoms with van der Waals surface area (Å²) in [5.41, 5.74) is 7.81. The largest absolute Gasteiger partial charge is 0.392 e. The van der Waals surface area contributed by atoms with Gasteiger partial charge in [-0.05, 0) is 104 Å². The summed E-state index contributed by atoms with van der Waals surface area (Å²) in [4.78, 5) is 100. The second kappa shape index (κ2) is 18.3. The first kappa shape index (κ1) is 47.8. The fourth-order valence-electron chi connectivity index (χ4n) is 12.8. The van der Waals surface area contributed by atoms with Gasteiger partial charge < -0.3 is 29.4 Å². The van der Waals surface area contributed by atoms with Crippen LogP contribution in [0.3, 0.4) is 0 Å². The number of hydrogen-bond acceptors (Lipinski definition) is 14. The summed E-state index contributed by atoms with van der Waals surface area (Å²) in [6, 6.07) is 15.2. The van der Waals surface area contributed by atoms with Gasteiger partial charge in [0.2, 0.25) is 11.8 Å². The highest BCUT2D eigenvalue weighted by Crippen LogP contribution is 2.41. The van der Waals surface area contributed by atoms with E-state index >= 15 is 0 Å². The van der Waals surface area contributed by atoms with Crippen molar-refractivity contribution in [1.29, 1.82) is 0 Å². The van der Waals surface area contributed by atoms with E-state index in [0.29, 0.717) is 76.0 Å². The Hall–Kier alpha value is -7.22. The average molecular weight is 1000 g/mol. The van der Waals surface area contributed by atoms with Gasteiger partial charge in [0.05, 0.1) is 29.6 Å². The van der Waals surface area contributed by atoms with Crippen molar-refractivity contribution in [3.8, 4) is 11.1 Å². The van der Waals surface area contributed by atoms with Crippen molar-refractivity contribution in [3.63, 3.8) is 0 Å². The third-order valence-corrected chi connectivity index (χ3v) is 16.8. The van der Waals surface area contributed by atoms with E-state index in [2.05, 4.69) is 60.6 Å². The van der Waals surface area contributed by atoms with E-state index in [-0.39, 0.29) is 42.4 Å². The topological polar surface area (TPSA) is 202 Å². The SMILES string of the molecule is C[C@H]1CN(C2CC(N3CCN(c4ccc5c(c4)C(=O)N(C4CCC(=O)NC4=O)C5=O)CC3)C2)CCN1c1ccc(Nc2cc(-c3ccnc(N4CCn5c(cc6c5CC(C)(C)C6)C4=O)c3CO)cn(C)c2=O)nc1. The molecular formula is C55H62N12O7. The Morgan fingerprint density at radius 2 is 1.54 bits per heavy atom. The zero-order chi connectivity index (χ0) is 51.3. The van der Waals surface area contributed by atoms with E-state index in [1.807, 2.05) is 36.5 Å². The number of nitrogens with one attached hydrogen (secondary N) is 2. The number of imide groups is 2. The lowest BCUT2D eigenvalue weighted by Crippen LogP contribution is -2.62. The van der Waals surface area contributed by atoms with Gasteiger partial charge in [-0.25, -0.2) is 9.97 Å². The quantitative estimate of drug-likeness (QED) is 0.170. The number of amides is 5. The minimum Gasteiger partial charge on any atom is -0.392 e. The Labute approximate surface area is 428 Å². The average Bonchev–Trinajstić information content (AvgIpc) is 3.97. The molecule has 0 bridgehead atoms. The van der Waals surface area contributed by atoms with Crippen molar-refractivity contribution in [3.05, 3.63) is 111 Å². The summed E-state index contributed by atoms with van der Waals surface area (Å²) in [5.74, 6) is -1.16. The Balaban J connectivity index is 0.640. The number of piperidine rings is 1. The van der Waals surface area contributed by atoms with Gasteiger partial charge in [-0.15, -0.1) is 0 Å². The van der Waals surface area contributed by atoms with Crippen molar-refractivity contribution in [1.82, 2.24) is 39.1 Å². The third kappa shape index (κ3) is 8.24. The van der Waals surface area contributed by atoms with E-state index in [1.54, 1.807) is 42.5 Å². The number of carbonyl (C=O) groups is 5. The minimum atomic E-state index is -0.981. The lowest BCUT2D eigenvalue weighted by atomic mass is 9.83. The molecule has 384 valence electrons. The number of fused-ring (bicyclic) bond motifs is 4. The first-order chi connectivity index (χ1) is 35.6. The molecule has 0 radical (unpaired) electrons. The number of pyridine rings is 3. The number of nitrogens with zero attached hydrogens (tertiary/aromatic N) is 10. The van der Waals surface area contributed by atoms with E-state index in [9.17, 15) is 33.9 Å². The van der Waals surface area contributed by atoms with Crippen LogP contribution in [0.4, 0.5) is 28.7 Å². The van der Waals surface area contributed by atoms with Crippen molar-refractivity contribution in [2.45, 2.75) is 96.6 Å². The zero-order valence-electron chi connectivity index (χ0n) is 42.3. The Kier molecular flexibility index (Phi) is 11.8. The number of benzene rings is 1. The molecule has 19 nitrogen and oxygen atoms in total. The molecule has 3 saturated heterocycles. The molecule has 1 unspecified atom stereocenters. The number of piperazine rings is 2. The second-order valence-corrected chi connectivity index (χ2v) is 22.0. The number of aryl methyl sites for hydroxylation is 1. The molecule has 19 heteroatoms. The first-order valence-electron chi connectivity index (χ1n) is 26.0. The maximum absolute atomic E-state index is 14.0. The standard InChI is InChI=1S/C55H62N12O7/c1-32-29-63(38-23-37(24-38)62-15-13-61(14-16-62)35-5-7-40-41(25-35)52(72)67(51(40)71)44-8-10-48(69)59-50(44)70)17-18-64(32)36-6-9-47(57-28-36)58-43-21-34(30-60(4)53(43)73)39-11-12-56-49(42(39)31-68)66-20-19-65-45(54(66)74)22-33-26-55(2,3)27-46(33)65/h5-7,9,11-12,21-22,25,28,30,32,37-38,44,68H,8,10,13-20,23-24,26-27,29,31H2,1-4H3,(H,57,58)(H,59,69,70)/t32-,37?,38?,44?/m0/s1. The van der Waals surface area contributed by atoms with E-state index in [1.165, 1.54) is 15.8 Å². The fraction of sp³-hybridized carbons (Fsp3) is 0.455. The number of carbonyl (C=O) groups excluding carboxylic acids is 5. The van der Waals surface area contributed by atoms with Crippen LogP contribution in [0.1, 0.15) is 94.5 Å². The molecule has 5 aromatic rings. The highest BCUT2D eigenvalue weighted by molar-refractivity contribution is 6.23. The highest BCUT2D eigenvalue weighted by Gasteiger charge is 2.46. The minimum absolute atomic E-state index is 0.0865. The van der Waals surface area contributed by atoms with Crippen LogP contribution in [0.5, 0.6) is 0 Å². The molecule has 2 atom stereocenters. The highest BCUT2D eigenvalue weighted by atomic mass is 16.3. The van der Waals surface area contributed by atoms with Crippen molar-refractivity contribution < 1.29 is 29.1 Å². The second-order valence-electron chi connectivity index (χ2n) is 22.0. The smallest absolute Gasteiger partial charge is 0.276 e. The number of hydrogen-bond donors (Lipinski definition) is 3. The number of aliphatic hydroxyl groups is 1. The molecule has 9 heterocycles. The lowest BCUT2D eigenvalue weighted by Gasteiger charge is -2.52. The monoisotopic (exact) mass is 1000 g/mol. The van der Waals surface area contributed by atoms with Gasteiger partial charge in [0.1, 0.15) is 29.1 Å². The van der Waals surface area contributed by atoms with Crippen molar-refractivity contribution in [2.24, 2.45) is 12.5 Å².